The van der Waals surface area contributed by atoms with Gasteiger partial charge < -0.3 is 19.7 Å². The third-order valence-corrected chi connectivity index (χ3v) is 4.28. The first-order valence-corrected chi connectivity index (χ1v) is 8.90. The van der Waals surface area contributed by atoms with Crippen molar-refractivity contribution in [2.24, 2.45) is 0 Å². The van der Waals surface area contributed by atoms with Gasteiger partial charge in [0.2, 0.25) is 0 Å². The van der Waals surface area contributed by atoms with Crippen molar-refractivity contribution in [1.82, 2.24) is 10.3 Å². The Bertz CT molecular complexity index is 727. The molecular formula is C20H25N3O3. The molecule has 138 valence electrons. The summed E-state index contributed by atoms with van der Waals surface area (Å²) >= 11 is 0. The molecule has 2 aromatic rings. The van der Waals surface area contributed by atoms with Gasteiger partial charge >= 0.3 is 0 Å². The number of ether oxygens (including phenoxy) is 2. The van der Waals surface area contributed by atoms with Crippen molar-refractivity contribution in [2.45, 2.75) is 26.5 Å². The molecule has 26 heavy (non-hydrogen) atoms. The van der Waals surface area contributed by atoms with Crippen LogP contribution in [0.1, 0.15) is 18.1 Å². The third kappa shape index (κ3) is 4.95. The predicted molar refractivity (Wildman–Crippen MR) is 100 cm³/mol. The molecule has 1 aromatic carbocycles. The zero-order chi connectivity index (χ0) is 18.4. The van der Waals surface area contributed by atoms with E-state index in [1.54, 1.807) is 13.1 Å². The van der Waals surface area contributed by atoms with Crippen molar-refractivity contribution in [2.75, 3.05) is 31.2 Å². The summed E-state index contributed by atoms with van der Waals surface area (Å²) in [5, 5.41) is 2.90. The largest absolute Gasteiger partial charge is 0.481 e. The molecule has 1 amide bonds. The summed E-state index contributed by atoms with van der Waals surface area (Å²) in [6.45, 7) is 7.35. The average molecular weight is 355 g/mol. The van der Waals surface area contributed by atoms with E-state index in [2.05, 4.69) is 15.2 Å². The van der Waals surface area contributed by atoms with Crippen LogP contribution >= 0.6 is 0 Å². The van der Waals surface area contributed by atoms with E-state index < -0.39 is 6.10 Å². The van der Waals surface area contributed by atoms with E-state index >= 15 is 0 Å². The Labute approximate surface area is 154 Å². The van der Waals surface area contributed by atoms with E-state index in [0.717, 1.165) is 43.2 Å². The molecule has 1 aromatic heterocycles. The van der Waals surface area contributed by atoms with Crippen LogP contribution in [0.5, 0.6) is 5.75 Å². The second-order valence-electron chi connectivity index (χ2n) is 6.42. The maximum Gasteiger partial charge on any atom is 0.261 e. The fraction of sp³-hybridized carbons (Fsp3) is 0.400. The zero-order valence-corrected chi connectivity index (χ0v) is 15.3. The first-order valence-electron chi connectivity index (χ1n) is 8.90. The number of nitrogens with one attached hydrogen (secondary N) is 1. The van der Waals surface area contributed by atoms with E-state index in [0.29, 0.717) is 12.3 Å². The molecule has 1 aliphatic heterocycles. The topological polar surface area (TPSA) is 63.7 Å². The quantitative estimate of drug-likeness (QED) is 0.861. The normalized spacial score (nSPS) is 15.4. The fourth-order valence-corrected chi connectivity index (χ4v) is 2.78. The van der Waals surface area contributed by atoms with Crippen LogP contribution in [-0.2, 0) is 16.1 Å². The van der Waals surface area contributed by atoms with Gasteiger partial charge in [0, 0.05) is 25.8 Å². The minimum absolute atomic E-state index is 0.149. The van der Waals surface area contributed by atoms with E-state index in [-0.39, 0.29) is 5.91 Å². The number of hydrogen-bond donors (Lipinski definition) is 1. The molecule has 3 rings (SSSR count). The van der Waals surface area contributed by atoms with Gasteiger partial charge in [-0.05, 0) is 43.2 Å². The maximum absolute atomic E-state index is 12.2. The van der Waals surface area contributed by atoms with Gasteiger partial charge in [0.05, 0.1) is 13.2 Å². The second-order valence-corrected chi connectivity index (χ2v) is 6.42. The number of pyridine rings is 1. The Kier molecular flexibility index (Phi) is 6.07. The van der Waals surface area contributed by atoms with Crippen molar-refractivity contribution in [1.29, 1.82) is 0 Å². The van der Waals surface area contributed by atoms with Crippen molar-refractivity contribution in [3.8, 4) is 5.75 Å². The summed E-state index contributed by atoms with van der Waals surface area (Å²) in [5.74, 6) is 1.49. The summed E-state index contributed by atoms with van der Waals surface area (Å²) in [7, 11) is 0. The molecule has 1 atom stereocenters. The number of nitrogens with zero attached hydrogens (tertiary/aromatic N) is 2. The summed E-state index contributed by atoms with van der Waals surface area (Å²) in [5.41, 5.74) is 2.06. The molecule has 0 spiro atoms. The molecule has 0 saturated carbocycles. The SMILES string of the molecule is Cc1cccc(O[C@H](C)C(=O)NCc2ccc(N3CCOCC3)nc2)c1. The Morgan fingerprint density at radius 3 is 2.81 bits per heavy atom. The molecule has 1 N–H and O–H groups in total. The van der Waals surface area contributed by atoms with Crippen LogP contribution in [0, 0.1) is 6.92 Å². The molecule has 0 unspecified atom stereocenters. The monoisotopic (exact) mass is 355 g/mol. The minimum atomic E-state index is -0.558. The van der Waals surface area contributed by atoms with Gasteiger partial charge in [-0.1, -0.05) is 18.2 Å². The molecule has 6 heteroatoms. The van der Waals surface area contributed by atoms with Gasteiger partial charge in [0.15, 0.2) is 6.10 Å². The summed E-state index contributed by atoms with van der Waals surface area (Å²) in [6, 6.07) is 11.6. The number of rotatable bonds is 6. The van der Waals surface area contributed by atoms with Gasteiger partial charge in [-0.2, -0.15) is 0 Å². The van der Waals surface area contributed by atoms with E-state index in [1.165, 1.54) is 0 Å². The van der Waals surface area contributed by atoms with Crippen molar-refractivity contribution < 1.29 is 14.3 Å². The van der Waals surface area contributed by atoms with Gasteiger partial charge in [-0.3, -0.25) is 4.79 Å². The summed E-state index contributed by atoms with van der Waals surface area (Å²) in [6.07, 6.45) is 1.24. The Balaban J connectivity index is 1.49. The van der Waals surface area contributed by atoms with Gasteiger partial charge in [-0.25, -0.2) is 4.98 Å². The number of carbonyl (C=O) groups is 1. The van der Waals surface area contributed by atoms with E-state index in [9.17, 15) is 4.79 Å². The molecular weight excluding hydrogens is 330 g/mol. The van der Waals surface area contributed by atoms with Crippen LogP contribution in [0.2, 0.25) is 0 Å². The van der Waals surface area contributed by atoms with Crippen LogP contribution < -0.4 is 15.0 Å². The lowest BCUT2D eigenvalue weighted by molar-refractivity contribution is -0.127. The number of morpholine rings is 1. The number of aryl methyl sites for hydroxylation is 1. The molecule has 6 nitrogen and oxygen atoms in total. The van der Waals surface area contributed by atoms with E-state index in [4.69, 9.17) is 9.47 Å². The minimum Gasteiger partial charge on any atom is -0.481 e. The van der Waals surface area contributed by atoms with E-state index in [1.807, 2.05) is 43.3 Å². The molecule has 1 saturated heterocycles. The molecule has 0 bridgehead atoms. The lowest BCUT2D eigenvalue weighted by atomic mass is 10.2. The lowest BCUT2D eigenvalue weighted by Gasteiger charge is -2.27. The second kappa shape index (κ2) is 8.67. The van der Waals surface area contributed by atoms with Gasteiger partial charge in [-0.15, -0.1) is 0 Å². The number of carbonyl (C=O) groups excluding carboxylic acids is 1. The standard InChI is InChI=1S/C20H25N3O3/c1-15-4-3-5-18(12-15)26-16(2)20(24)22-14-17-6-7-19(21-13-17)23-8-10-25-11-9-23/h3-7,12-13,16H,8-11,14H2,1-2H3,(H,22,24)/t16-/m1/s1. The van der Waals surface area contributed by atoms with Crippen molar-refractivity contribution >= 4 is 11.7 Å². The Morgan fingerprint density at radius 2 is 2.12 bits per heavy atom. The first-order chi connectivity index (χ1) is 12.6. The van der Waals surface area contributed by atoms with Crippen molar-refractivity contribution in [3.05, 3.63) is 53.7 Å². The number of aromatic nitrogens is 1. The average Bonchev–Trinajstić information content (AvgIpc) is 2.67. The highest BCUT2D eigenvalue weighted by molar-refractivity contribution is 5.80. The highest BCUT2D eigenvalue weighted by Gasteiger charge is 2.15. The van der Waals surface area contributed by atoms with Crippen molar-refractivity contribution in [3.63, 3.8) is 0 Å². The third-order valence-electron chi connectivity index (χ3n) is 4.28. The highest BCUT2D eigenvalue weighted by Crippen LogP contribution is 2.15. The lowest BCUT2D eigenvalue weighted by Crippen LogP contribution is -2.37. The zero-order valence-electron chi connectivity index (χ0n) is 15.3. The molecule has 1 aliphatic rings. The Morgan fingerprint density at radius 1 is 1.31 bits per heavy atom. The Hall–Kier alpha value is -2.60. The van der Waals surface area contributed by atoms with Crippen LogP contribution in [0.15, 0.2) is 42.6 Å². The van der Waals surface area contributed by atoms with Crippen LogP contribution in [0.25, 0.3) is 0 Å². The van der Waals surface area contributed by atoms with Crippen LogP contribution in [0.3, 0.4) is 0 Å². The molecule has 0 radical (unpaired) electrons. The summed E-state index contributed by atoms with van der Waals surface area (Å²) in [4.78, 5) is 18.9. The number of amides is 1. The highest BCUT2D eigenvalue weighted by atomic mass is 16.5. The molecule has 2 heterocycles. The predicted octanol–water partition coefficient (Wildman–Crippen LogP) is 2.31. The number of hydrogen-bond acceptors (Lipinski definition) is 5. The molecule has 1 fully saturated rings. The molecule has 0 aliphatic carbocycles. The smallest absolute Gasteiger partial charge is 0.261 e. The van der Waals surface area contributed by atoms with Gasteiger partial charge in [0.1, 0.15) is 11.6 Å². The van der Waals surface area contributed by atoms with Crippen LogP contribution in [0.4, 0.5) is 5.82 Å². The summed E-state index contributed by atoms with van der Waals surface area (Å²) < 4.78 is 11.1. The number of anilines is 1. The fourth-order valence-electron chi connectivity index (χ4n) is 2.78. The number of benzene rings is 1. The maximum atomic E-state index is 12.2. The van der Waals surface area contributed by atoms with Crippen LogP contribution in [-0.4, -0.2) is 43.3 Å². The first kappa shape index (κ1) is 18.2. The van der Waals surface area contributed by atoms with Gasteiger partial charge in [0.25, 0.3) is 5.91 Å².